The Labute approximate surface area is 180 Å². The first-order valence-corrected chi connectivity index (χ1v) is 10.1. The fraction of sp³-hybridized carbons (Fsp3) is 0.348. The number of fused-ring (bicyclic) bond motifs is 1. The summed E-state index contributed by atoms with van der Waals surface area (Å²) in [5.41, 5.74) is 1.53. The van der Waals surface area contributed by atoms with Gasteiger partial charge in [-0.05, 0) is 44.2 Å². The summed E-state index contributed by atoms with van der Waals surface area (Å²) in [5, 5.41) is 25.0. The standard InChI is InChI=1S/C23H24N6O2/c1-13-9-17(13)22(30)27-19-10-18-14(11-26-21(24-4)20(18)29-28-19)5-7-16-8-6-15(12-25-16)23(2,3)31/h6,8,10-13,17,31H,9H2,1-4H3,(H,24,26)(H,27,28,30)/t13-,17+/m1/s1. The summed E-state index contributed by atoms with van der Waals surface area (Å²) >= 11 is 0. The molecule has 1 amide bonds. The van der Waals surface area contributed by atoms with E-state index in [2.05, 4.69) is 49.6 Å². The van der Waals surface area contributed by atoms with Gasteiger partial charge in [0.25, 0.3) is 0 Å². The minimum Gasteiger partial charge on any atom is -0.386 e. The fourth-order valence-electron chi connectivity index (χ4n) is 3.24. The summed E-state index contributed by atoms with van der Waals surface area (Å²) in [6.45, 7) is 5.46. The molecule has 3 heterocycles. The van der Waals surface area contributed by atoms with E-state index in [1.165, 1.54) is 0 Å². The number of aliphatic hydroxyl groups is 1. The zero-order chi connectivity index (χ0) is 22.2. The highest BCUT2D eigenvalue weighted by Crippen LogP contribution is 2.38. The van der Waals surface area contributed by atoms with Crippen LogP contribution in [0.1, 0.15) is 44.0 Å². The topological polar surface area (TPSA) is 113 Å². The van der Waals surface area contributed by atoms with Crippen molar-refractivity contribution in [3.8, 4) is 11.8 Å². The van der Waals surface area contributed by atoms with E-state index in [1.807, 2.05) is 0 Å². The van der Waals surface area contributed by atoms with E-state index in [0.717, 1.165) is 11.8 Å². The molecule has 0 aromatic carbocycles. The van der Waals surface area contributed by atoms with Crippen LogP contribution in [0.4, 0.5) is 11.6 Å². The molecule has 1 fully saturated rings. The van der Waals surface area contributed by atoms with Crippen molar-refractivity contribution in [1.82, 2.24) is 20.2 Å². The summed E-state index contributed by atoms with van der Waals surface area (Å²) in [7, 11) is 1.76. The largest absolute Gasteiger partial charge is 0.386 e. The first kappa shape index (κ1) is 20.7. The monoisotopic (exact) mass is 416 g/mol. The van der Waals surface area contributed by atoms with Crippen LogP contribution in [0, 0.1) is 23.7 Å². The molecule has 0 saturated heterocycles. The highest BCUT2D eigenvalue weighted by atomic mass is 16.3. The maximum Gasteiger partial charge on any atom is 0.228 e. The molecule has 3 aromatic rings. The van der Waals surface area contributed by atoms with E-state index in [9.17, 15) is 9.90 Å². The zero-order valence-corrected chi connectivity index (χ0v) is 17.9. The van der Waals surface area contributed by atoms with Crippen molar-refractivity contribution >= 4 is 28.4 Å². The fourth-order valence-corrected chi connectivity index (χ4v) is 3.24. The second-order valence-corrected chi connectivity index (χ2v) is 8.31. The first-order chi connectivity index (χ1) is 14.8. The van der Waals surface area contributed by atoms with Gasteiger partial charge in [0.15, 0.2) is 11.6 Å². The highest BCUT2D eigenvalue weighted by molar-refractivity contribution is 5.97. The van der Waals surface area contributed by atoms with Gasteiger partial charge in [-0.1, -0.05) is 18.9 Å². The molecule has 4 rings (SSSR count). The lowest BCUT2D eigenvalue weighted by Gasteiger charge is -2.16. The van der Waals surface area contributed by atoms with E-state index in [-0.39, 0.29) is 11.8 Å². The number of hydrogen-bond acceptors (Lipinski definition) is 7. The van der Waals surface area contributed by atoms with Crippen LogP contribution in [0.3, 0.4) is 0 Å². The van der Waals surface area contributed by atoms with Gasteiger partial charge in [-0.25, -0.2) is 9.97 Å². The van der Waals surface area contributed by atoms with E-state index >= 15 is 0 Å². The average molecular weight is 416 g/mol. The molecule has 0 bridgehead atoms. The molecule has 1 aliphatic rings. The lowest BCUT2D eigenvalue weighted by Crippen LogP contribution is -2.16. The Morgan fingerprint density at radius 1 is 1.19 bits per heavy atom. The van der Waals surface area contributed by atoms with Gasteiger partial charge in [0.2, 0.25) is 5.91 Å². The number of nitrogens with one attached hydrogen (secondary N) is 2. The Hall–Kier alpha value is -3.57. The molecular formula is C23H24N6O2. The second-order valence-electron chi connectivity index (χ2n) is 8.31. The van der Waals surface area contributed by atoms with Gasteiger partial charge < -0.3 is 15.7 Å². The zero-order valence-electron chi connectivity index (χ0n) is 17.9. The Morgan fingerprint density at radius 3 is 2.58 bits per heavy atom. The van der Waals surface area contributed by atoms with Crippen LogP contribution >= 0.6 is 0 Å². The number of nitrogens with zero attached hydrogens (tertiary/aromatic N) is 4. The summed E-state index contributed by atoms with van der Waals surface area (Å²) in [5.74, 6) is 7.50. The molecule has 0 unspecified atom stereocenters. The van der Waals surface area contributed by atoms with E-state index < -0.39 is 5.60 Å². The minimum atomic E-state index is -0.959. The molecule has 1 aliphatic carbocycles. The molecule has 3 N–H and O–H groups in total. The number of amides is 1. The van der Waals surface area contributed by atoms with Crippen LogP contribution < -0.4 is 10.6 Å². The van der Waals surface area contributed by atoms with Gasteiger partial charge in [0.1, 0.15) is 11.2 Å². The van der Waals surface area contributed by atoms with Crippen LogP contribution in [0.2, 0.25) is 0 Å². The third-order valence-corrected chi connectivity index (χ3v) is 5.36. The summed E-state index contributed by atoms with van der Waals surface area (Å²) < 4.78 is 0. The first-order valence-electron chi connectivity index (χ1n) is 10.1. The van der Waals surface area contributed by atoms with Crippen molar-refractivity contribution < 1.29 is 9.90 Å². The molecule has 0 spiro atoms. The van der Waals surface area contributed by atoms with Crippen molar-refractivity contribution in [1.29, 1.82) is 0 Å². The van der Waals surface area contributed by atoms with Gasteiger partial charge in [0.05, 0.1) is 11.2 Å². The predicted octanol–water partition coefficient (Wildman–Crippen LogP) is 2.68. The lowest BCUT2D eigenvalue weighted by atomic mass is 10.0. The van der Waals surface area contributed by atoms with E-state index in [1.54, 1.807) is 51.5 Å². The molecule has 0 radical (unpaired) electrons. The normalized spacial score (nSPS) is 17.6. The Kier molecular flexibility index (Phi) is 5.29. The van der Waals surface area contributed by atoms with Crippen molar-refractivity contribution in [2.45, 2.75) is 32.8 Å². The highest BCUT2D eigenvalue weighted by Gasteiger charge is 2.39. The molecule has 8 heteroatoms. The Balaban J connectivity index is 1.68. The van der Waals surface area contributed by atoms with Gasteiger partial charge in [0, 0.05) is 36.3 Å². The number of aromatic nitrogens is 4. The summed E-state index contributed by atoms with van der Waals surface area (Å²) in [6, 6.07) is 5.33. The maximum absolute atomic E-state index is 12.3. The molecule has 8 nitrogen and oxygen atoms in total. The van der Waals surface area contributed by atoms with E-state index in [0.29, 0.717) is 39.9 Å². The Bertz CT molecular complexity index is 1200. The van der Waals surface area contributed by atoms with Crippen LogP contribution in [0.25, 0.3) is 10.9 Å². The third-order valence-electron chi connectivity index (χ3n) is 5.36. The number of rotatable bonds is 4. The Morgan fingerprint density at radius 2 is 1.97 bits per heavy atom. The van der Waals surface area contributed by atoms with Gasteiger partial charge >= 0.3 is 0 Å². The van der Waals surface area contributed by atoms with Gasteiger partial charge in [-0.3, -0.25) is 4.79 Å². The number of carbonyl (C=O) groups is 1. The molecular weight excluding hydrogens is 392 g/mol. The molecule has 1 saturated carbocycles. The quantitative estimate of drug-likeness (QED) is 0.561. The minimum absolute atomic E-state index is 0.0345. The van der Waals surface area contributed by atoms with Gasteiger partial charge in [-0.2, -0.15) is 0 Å². The molecule has 3 aromatic heterocycles. The van der Waals surface area contributed by atoms with Crippen molar-refractivity contribution in [2.24, 2.45) is 11.8 Å². The van der Waals surface area contributed by atoms with Crippen LogP contribution in [0.5, 0.6) is 0 Å². The van der Waals surface area contributed by atoms with E-state index in [4.69, 9.17) is 0 Å². The number of pyridine rings is 2. The molecule has 158 valence electrons. The van der Waals surface area contributed by atoms with Crippen molar-refractivity contribution in [3.05, 3.63) is 47.4 Å². The average Bonchev–Trinajstić information content (AvgIpc) is 3.48. The molecule has 2 atom stereocenters. The number of carbonyl (C=O) groups excluding carboxylic acids is 1. The molecule has 0 aliphatic heterocycles. The summed E-state index contributed by atoms with van der Waals surface area (Å²) in [6.07, 6.45) is 4.17. The van der Waals surface area contributed by atoms with Gasteiger partial charge in [-0.15, -0.1) is 10.2 Å². The second kappa shape index (κ2) is 7.93. The SMILES string of the molecule is CNc1ncc(C#Cc2ccc(C(C)(C)O)cn2)c2cc(NC(=O)[C@H]3C[C@H]3C)nnc12. The van der Waals surface area contributed by atoms with Crippen LogP contribution in [-0.2, 0) is 10.4 Å². The summed E-state index contributed by atoms with van der Waals surface area (Å²) in [4.78, 5) is 21.0. The third kappa shape index (κ3) is 4.47. The smallest absolute Gasteiger partial charge is 0.228 e. The lowest BCUT2D eigenvalue weighted by molar-refractivity contribution is -0.117. The maximum atomic E-state index is 12.3. The number of hydrogen-bond donors (Lipinski definition) is 3. The molecule has 31 heavy (non-hydrogen) atoms. The predicted molar refractivity (Wildman–Crippen MR) is 118 cm³/mol. The van der Waals surface area contributed by atoms with Crippen molar-refractivity contribution in [2.75, 3.05) is 17.7 Å². The van der Waals surface area contributed by atoms with Crippen LogP contribution in [0.15, 0.2) is 30.6 Å². The van der Waals surface area contributed by atoms with Crippen LogP contribution in [-0.4, -0.2) is 38.2 Å². The van der Waals surface area contributed by atoms with Crippen molar-refractivity contribution in [3.63, 3.8) is 0 Å². The number of anilines is 2.